The van der Waals surface area contributed by atoms with Gasteiger partial charge >= 0.3 is 0 Å². The second kappa shape index (κ2) is 6.23. The van der Waals surface area contributed by atoms with E-state index in [4.69, 9.17) is 28.9 Å². The number of rotatable bonds is 3. The average Bonchev–Trinajstić information content (AvgIpc) is 2.31. The Morgan fingerprint density at radius 1 is 1.11 bits per heavy atom. The SMILES string of the molecule is NC(Cc1ccc(Br)cc1F)c1cc(Cl)cc(Cl)c1. The zero-order valence-corrected chi connectivity index (χ0v) is 12.9. The van der Waals surface area contributed by atoms with Crippen LogP contribution in [-0.2, 0) is 6.42 Å². The summed E-state index contributed by atoms with van der Waals surface area (Å²) in [4.78, 5) is 0. The quantitative estimate of drug-likeness (QED) is 0.803. The van der Waals surface area contributed by atoms with Crippen LogP contribution in [0.5, 0.6) is 0 Å². The molecule has 2 N–H and O–H groups in total. The van der Waals surface area contributed by atoms with Gasteiger partial charge in [-0.1, -0.05) is 45.2 Å². The molecule has 100 valence electrons. The summed E-state index contributed by atoms with van der Waals surface area (Å²) < 4.78 is 14.4. The van der Waals surface area contributed by atoms with Crippen molar-refractivity contribution in [3.05, 3.63) is 67.9 Å². The summed E-state index contributed by atoms with van der Waals surface area (Å²) in [6, 6.07) is 9.70. The number of hydrogen-bond acceptors (Lipinski definition) is 1. The van der Waals surface area contributed by atoms with Gasteiger partial charge in [0.25, 0.3) is 0 Å². The van der Waals surface area contributed by atoms with Crippen molar-refractivity contribution < 1.29 is 4.39 Å². The molecule has 0 saturated carbocycles. The van der Waals surface area contributed by atoms with E-state index in [-0.39, 0.29) is 11.9 Å². The maximum Gasteiger partial charge on any atom is 0.127 e. The second-order valence-corrected chi connectivity index (χ2v) is 6.04. The summed E-state index contributed by atoms with van der Waals surface area (Å²) in [7, 11) is 0. The Morgan fingerprint density at radius 2 is 1.74 bits per heavy atom. The lowest BCUT2D eigenvalue weighted by molar-refractivity contribution is 0.592. The highest BCUT2D eigenvalue weighted by molar-refractivity contribution is 9.10. The van der Waals surface area contributed by atoms with Gasteiger partial charge < -0.3 is 5.73 Å². The number of nitrogens with two attached hydrogens (primary N) is 1. The molecule has 0 heterocycles. The van der Waals surface area contributed by atoms with Crippen molar-refractivity contribution in [3.8, 4) is 0 Å². The smallest absolute Gasteiger partial charge is 0.127 e. The molecule has 2 aromatic carbocycles. The highest BCUT2D eigenvalue weighted by atomic mass is 79.9. The molecule has 0 saturated heterocycles. The summed E-state index contributed by atoms with van der Waals surface area (Å²) in [5.74, 6) is -0.280. The highest BCUT2D eigenvalue weighted by Crippen LogP contribution is 2.25. The first-order valence-electron chi connectivity index (χ1n) is 5.61. The second-order valence-electron chi connectivity index (χ2n) is 4.25. The summed E-state index contributed by atoms with van der Waals surface area (Å²) in [6.45, 7) is 0. The Balaban J connectivity index is 2.22. The maximum absolute atomic E-state index is 13.7. The van der Waals surface area contributed by atoms with Gasteiger partial charge in [0.05, 0.1) is 0 Å². The van der Waals surface area contributed by atoms with Crippen molar-refractivity contribution in [1.82, 2.24) is 0 Å². The lowest BCUT2D eigenvalue weighted by atomic mass is 9.99. The third kappa shape index (κ3) is 3.93. The molecular weight excluding hydrogens is 352 g/mol. The van der Waals surface area contributed by atoms with Crippen LogP contribution in [0.4, 0.5) is 4.39 Å². The first-order valence-corrected chi connectivity index (χ1v) is 7.16. The van der Waals surface area contributed by atoms with E-state index in [0.29, 0.717) is 26.5 Å². The van der Waals surface area contributed by atoms with Crippen molar-refractivity contribution in [2.24, 2.45) is 5.73 Å². The van der Waals surface area contributed by atoms with Crippen molar-refractivity contribution in [3.63, 3.8) is 0 Å². The topological polar surface area (TPSA) is 26.0 Å². The zero-order valence-electron chi connectivity index (χ0n) is 9.84. The van der Waals surface area contributed by atoms with Gasteiger partial charge in [0, 0.05) is 20.6 Å². The molecule has 0 amide bonds. The maximum atomic E-state index is 13.7. The van der Waals surface area contributed by atoms with Crippen molar-refractivity contribution in [2.75, 3.05) is 0 Å². The van der Waals surface area contributed by atoms with E-state index >= 15 is 0 Å². The monoisotopic (exact) mass is 361 g/mol. The molecule has 0 spiro atoms. The normalized spacial score (nSPS) is 12.5. The van der Waals surface area contributed by atoms with Crippen LogP contribution in [0.3, 0.4) is 0 Å². The molecule has 1 unspecified atom stereocenters. The summed E-state index contributed by atoms with van der Waals surface area (Å²) in [6.07, 6.45) is 0.385. The largest absolute Gasteiger partial charge is 0.324 e. The van der Waals surface area contributed by atoms with Gasteiger partial charge in [0.2, 0.25) is 0 Å². The van der Waals surface area contributed by atoms with Crippen LogP contribution < -0.4 is 5.73 Å². The highest BCUT2D eigenvalue weighted by Gasteiger charge is 2.12. The Bertz CT molecular complexity index is 584. The molecule has 0 radical (unpaired) electrons. The fourth-order valence-electron chi connectivity index (χ4n) is 1.83. The predicted octanol–water partition coefficient (Wildman–Crippen LogP) is 5.14. The van der Waals surface area contributed by atoms with Crippen molar-refractivity contribution in [2.45, 2.75) is 12.5 Å². The van der Waals surface area contributed by atoms with Crippen molar-refractivity contribution in [1.29, 1.82) is 0 Å². The van der Waals surface area contributed by atoms with Gasteiger partial charge in [-0.15, -0.1) is 0 Å². The Morgan fingerprint density at radius 3 is 2.32 bits per heavy atom. The standard InChI is InChI=1S/C14H11BrCl2FN/c15-10-2-1-8(13(18)6-10)5-14(19)9-3-11(16)7-12(17)4-9/h1-4,6-7,14H,5,19H2. The number of benzene rings is 2. The number of halogens is 4. The molecule has 2 rings (SSSR count). The van der Waals surface area contributed by atoms with Gasteiger partial charge in [-0.3, -0.25) is 0 Å². The van der Waals surface area contributed by atoms with E-state index < -0.39 is 0 Å². The third-order valence-corrected chi connectivity index (χ3v) is 3.70. The van der Waals surface area contributed by atoms with E-state index in [1.54, 1.807) is 30.3 Å². The van der Waals surface area contributed by atoms with Crippen LogP contribution in [0, 0.1) is 5.82 Å². The van der Waals surface area contributed by atoms with E-state index in [1.165, 1.54) is 6.07 Å². The minimum atomic E-state index is -0.355. The Kier molecular flexibility index (Phi) is 4.85. The van der Waals surface area contributed by atoms with Gasteiger partial charge in [0.15, 0.2) is 0 Å². The van der Waals surface area contributed by atoms with Crippen LogP contribution in [0.25, 0.3) is 0 Å². The van der Waals surface area contributed by atoms with Crippen LogP contribution in [0.15, 0.2) is 40.9 Å². The molecule has 5 heteroatoms. The molecule has 2 aromatic rings. The van der Waals surface area contributed by atoms with Gasteiger partial charge in [0.1, 0.15) is 5.82 Å². The minimum Gasteiger partial charge on any atom is -0.324 e. The van der Waals surface area contributed by atoms with Gasteiger partial charge in [-0.2, -0.15) is 0 Å². The van der Waals surface area contributed by atoms with Crippen molar-refractivity contribution >= 4 is 39.1 Å². The predicted molar refractivity (Wildman–Crippen MR) is 81.2 cm³/mol. The molecule has 0 fully saturated rings. The zero-order chi connectivity index (χ0) is 14.0. The molecule has 0 aromatic heterocycles. The lowest BCUT2D eigenvalue weighted by Crippen LogP contribution is -2.14. The molecule has 0 aliphatic heterocycles. The first-order chi connectivity index (χ1) is 8.95. The summed E-state index contributed by atoms with van der Waals surface area (Å²) in [5, 5.41) is 1.04. The van der Waals surface area contributed by atoms with Crippen LogP contribution >= 0.6 is 39.1 Å². The average molecular weight is 363 g/mol. The number of hydrogen-bond donors (Lipinski definition) is 1. The molecule has 0 aliphatic rings. The summed E-state index contributed by atoms with van der Waals surface area (Å²) in [5.41, 5.74) is 7.43. The van der Waals surface area contributed by atoms with Gasteiger partial charge in [-0.25, -0.2) is 4.39 Å². The van der Waals surface area contributed by atoms with E-state index in [9.17, 15) is 4.39 Å². The van der Waals surface area contributed by atoms with E-state index in [0.717, 1.165) is 5.56 Å². The van der Waals surface area contributed by atoms with E-state index in [2.05, 4.69) is 15.9 Å². The Hall–Kier alpha value is -0.610. The van der Waals surface area contributed by atoms with Gasteiger partial charge in [-0.05, 0) is 47.9 Å². The van der Waals surface area contributed by atoms with E-state index in [1.807, 2.05) is 0 Å². The Labute approximate surface area is 129 Å². The lowest BCUT2D eigenvalue weighted by Gasteiger charge is -2.14. The summed E-state index contributed by atoms with van der Waals surface area (Å²) >= 11 is 15.1. The minimum absolute atomic E-state index is 0.280. The fraction of sp³-hybridized carbons (Fsp3) is 0.143. The molecule has 1 nitrogen and oxygen atoms in total. The third-order valence-electron chi connectivity index (χ3n) is 2.77. The molecule has 1 atom stereocenters. The van der Waals surface area contributed by atoms with Crippen LogP contribution in [-0.4, -0.2) is 0 Å². The molecular formula is C14H11BrCl2FN. The molecule has 0 bridgehead atoms. The first kappa shape index (κ1) is 14.8. The molecule has 19 heavy (non-hydrogen) atoms. The fourth-order valence-corrected chi connectivity index (χ4v) is 2.71. The van der Waals surface area contributed by atoms with Crippen LogP contribution in [0.2, 0.25) is 10.0 Å². The van der Waals surface area contributed by atoms with Crippen LogP contribution in [0.1, 0.15) is 17.2 Å². The molecule has 0 aliphatic carbocycles.